The van der Waals surface area contributed by atoms with Gasteiger partial charge in [0, 0.05) is 12.8 Å². The van der Waals surface area contributed by atoms with E-state index in [9.17, 15) is 14.4 Å². The first kappa shape index (κ1) is 42.9. The van der Waals surface area contributed by atoms with E-state index in [-0.39, 0.29) is 24.5 Å². The minimum Gasteiger partial charge on any atom is -0.480 e. The lowest BCUT2D eigenvalue weighted by Crippen LogP contribution is -2.28. The van der Waals surface area contributed by atoms with Crippen LogP contribution in [-0.2, 0) is 19.1 Å². The fraction of sp³-hybridized carbons (Fsp3) is 0.821. The van der Waals surface area contributed by atoms with Crippen molar-refractivity contribution in [2.24, 2.45) is 0 Å². The lowest BCUT2D eigenvalue weighted by Gasteiger charge is -2.18. The molecule has 0 aliphatic rings. The van der Waals surface area contributed by atoms with Gasteiger partial charge in [0.2, 0.25) is 5.91 Å². The molecule has 0 rings (SSSR count). The molecule has 0 saturated carbocycles. The van der Waals surface area contributed by atoms with Crippen LogP contribution in [0.4, 0.5) is 0 Å². The van der Waals surface area contributed by atoms with Crippen LogP contribution in [0.3, 0.4) is 0 Å². The van der Waals surface area contributed by atoms with Gasteiger partial charge in [-0.2, -0.15) is 0 Å². The molecular formula is C39H71NO5. The molecule has 1 amide bonds. The monoisotopic (exact) mass is 634 g/mol. The quantitative estimate of drug-likeness (QED) is 0.0418. The Balaban J connectivity index is 3.99. The summed E-state index contributed by atoms with van der Waals surface area (Å²) in [5, 5.41) is 11.0. The van der Waals surface area contributed by atoms with Crippen molar-refractivity contribution in [3.63, 3.8) is 0 Å². The molecule has 0 heterocycles. The first-order valence-electron chi connectivity index (χ1n) is 19.0. The number of ether oxygens (including phenoxy) is 1. The fourth-order valence-electron chi connectivity index (χ4n) is 5.54. The number of esters is 1. The number of carboxylic acid groups (broad SMARTS) is 1. The number of allylic oxidation sites excluding steroid dienone is 4. The molecule has 0 aliphatic carbocycles. The molecule has 1 atom stereocenters. The van der Waals surface area contributed by atoms with Crippen LogP contribution in [0.2, 0.25) is 0 Å². The second kappa shape index (κ2) is 34.8. The highest BCUT2D eigenvalue weighted by atomic mass is 16.5. The second-order valence-electron chi connectivity index (χ2n) is 12.8. The minimum atomic E-state index is -1.02. The van der Waals surface area contributed by atoms with Crippen LogP contribution in [0.25, 0.3) is 0 Å². The smallest absolute Gasteiger partial charge is 0.322 e. The number of amides is 1. The Kier molecular flexibility index (Phi) is 33.1. The number of carboxylic acids is 1. The van der Waals surface area contributed by atoms with Gasteiger partial charge >= 0.3 is 11.9 Å². The summed E-state index contributed by atoms with van der Waals surface area (Å²) in [6, 6.07) is 0. The normalized spacial score (nSPS) is 12.2. The van der Waals surface area contributed by atoms with Crippen molar-refractivity contribution in [3.05, 3.63) is 24.3 Å². The summed E-state index contributed by atoms with van der Waals surface area (Å²) in [6.45, 7) is 4.17. The van der Waals surface area contributed by atoms with Crippen molar-refractivity contribution in [1.82, 2.24) is 5.32 Å². The summed E-state index contributed by atoms with van der Waals surface area (Å²) in [5.41, 5.74) is 0. The summed E-state index contributed by atoms with van der Waals surface area (Å²) in [6.07, 6.45) is 40.1. The van der Waals surface area contributed by atoms with Crippen molar-refractivity contribution < 1.29 is 24.2 Å². The van der Waals surface area contributed by atoms with Crippen molar-refractivity contribution in [3.8, 4) is 0 Å². The third-order valence-electron chi connectivity index (χ3n) is 8.38. The Morgan fingerprint density at radius 1 is 0.578 bits per heavy atom. The van der Waals surface area contributed by atoms with E-state index in [1.54, 1.807) is 0 Å². The first-order chi connectivity index (χ1) is 22.0. The van der Waals surface area contributed by atoms with E-state index in [1.807, 2.05) is 0 Å². The van der Waals surface area contributed by atoms with E-state index >= 15 is 0 Å². The summed E-state index contributed by atoms with van der Waals surface area (Å²) < 4.78 is 5.96. The summed E-state index contributed by atoms with van der Waals surface area (Å²) >= 11 is 0. The highest BCUT2D eigenvalue weighted by Crippen LogP contribution is 2.18. The Morgan fingerprint density at radius 2 is 1.02 bits per heavy atom. The molecule has 0 aliphatic heterocycles. The van der Waals surface area contributed by atoms with Crippen molar-refractivity contribution in [2.45, 2.75) is 200 Å². The zero-order chi connectivity index (χ0) is 33.1. The highest BCUT2D eigenvalue weighted by Gasteiger charge is 2.14. The zero-order valence-electron chi connectivity index (χ0n) is 29.5. The standard InChI is InChI=1S/C39H71NO5/c1-3-5-7-9-11-12-13-14-15-16-17-18-19-20-21-26-30-34-39(44)45-36(31-27-23-10-8-6-4-2)32-28-24-22-25-29-33-37(41)40-35-38(42)43/h11-12,14-15,36H,3-10,13,16-35H2,1-2H3,(H,40,41)(H,42,43)/b12-11-,15-14-. The topological polar surface area (TPSA) is 92.7 Å². The number of nitrogens with one attached hydrogen (secondary N) is 1. The molecule has 6 heteroatoms. The number of carbonyl (C=O) groups excluding carboxylic acids is 2. The third kappa shape index (κ3) is 34.6. The number of unbranched alkanes of at least 4 members (excludes halogenated alkanes) is 19. The van der Waals surface area contributed by atoms with Crippen LogP contribution >= 0.6 is 0 Å². The fourth-order valence-corrected chi connectivity index (χ4v) is 5.54. The van der Waals surface area contributed by atoms with E-state index in [4.69, 9.17) is 9.84 Å². The first-order valence-corrected chi connectivity index (χ1v) is 19.0. The Bertz CT molecular complexity index is 748. The SMILES string of the molecule is CCCCC/C=C\C/C=C\CCCCCCCCCC(=O)OC(CCCCCCCC)CCCCCCCC(=O)NCC(=O)O. The van der Waals surface area contributed by atoms with Crippen LogP contribution in [-0.4, -0.2) is 35.6 Å². The average molecular weight is 634 g/mol. The molecular weight excluding hydrogens is 562 g/mol. The lowest BCUT2D eigenvalue weighted by molar-refractivity contribution is -0.150. The average Bonchev–Trinajstić information content (AvgIpc) is 3.02. The number of hydrogen-bond acceptors (Lipinski definition) is 4. The number of aliphatic carboxylic acids is 1. The van der Waals surface area contributed by atoms with Crippen molar-refractivity contribution in [1.29, 1.82) is 0 Å². The van der Waals surface area contributed by atoms with Gasteiger partial charge in [-0.25, -0.2) is 0 Å². The number of carbonyl (C=O) groups is 3. The van der Waals surface area contributed by atoms with E-state index in [1.165, 1.54) is 96.3 Å². The van der Waals surface area contributed by atoms with E-state index in [0.717, 1.165) is 70.6 Å². The van der Waals surface area contributed by atoms with E-state index < -0.39 is 5.97 Å². The predicted octanol–water partition coefficient (Wildman–Crippen LogP) is 11.2. The van der Waals surface area contributed by atoms with Gasteiger partial charge in [0.05, 0.1) is 0 Å². The van der Waals surface area contributed by atoms with Gasteiger partial charge in [-0.1, -0.05) is 134 Å². The number of hydrogen-bond donors (Lipinski definition) is 2. The predicted molar refractivity (Wildman–Crippen MR) is 189 cm³/mol. The molecule has 0 aromatic heterocycles. The van der Waals surface area contributed by atoms with Gasteiger partial charge in [-0.3, -0.25) is 14.4 Å². The molecule has 0 spiro atoms. The summed E-state index contributed by atoms with van der Waals surface area (Å²) in [5.74, 6) is -1.24. The summed E-state index contributed by atoms with van der Waals surface area (Å²) in [7, 11) is 0. The van der Waals surface area contributed by atoms with Gasteiger partial charge in [-0.15, -0.1) is 0 Å². The molecule has 262 valence electrons. The Hall–Kier alpha value is -2.11. The molecule has 0 radical (unpaired) electrons. The Morgan fingerprint density at radius 3 is 1.58 bits per heavy atom. The molecule has 0 aromatic rings. The van der Waals surface area contributed by atoms with Crippen LogP contribution in [0.15, 0.2) is 24.3 Å². The van der Waals surface area contributed by atoms with Crippen molar-refractivity contribution >= 4 is 17.8 Å². The van der Waals surface area contributed by atoms with Crippen LogP contribution in [0.1, 0.15) is 194 Å². The maximum atomic E-state index is 12.6. The Labute approximate surface area is 277 Å². The van der Waals surface area contributed by atoms with Gasteiger partial charge in [0.1, 0.15) is 12.6 Å². The van der Waals surface area contributed by atoms with Crippen LogP contribution in [0, 0.1) is 0 Å². The molecule has 0 aromatic carbocycles. The maximum Gasteiger partial charge on any atom is 0.322 e. The van der Waals surface area contributed by atoms with E-state index in [2.05, 4.69) is 43.5 Å². The summed E-state index contributed by atoms with van der Waals surface area (Å²) in [4.78, 5) is 34.8. The molecule has 1 unspecified atom stereocenters. The third-order valence-corrected chi connectivity index (χ3v) is 8.38. The lowest BCUT2D eigenvalue weighted by atomic mass is 10.0. The zero-order valence-corrected chi connectivity index (χ0v) is 29.5. The molecule has 45 heavy (non-hydrogen) atoms. The van der Waals surface area contributed by atoms with Gasteiger partial charge in [-0.05, 0) is 70.6 Å². The van der Waals surface area contributed by atoms with Gasteiger partial charge in [0.15, 0.2) is 0 Å². The molecule has 2 N–H and O–H groups in total. The van der Waals surface area contributed by atoms with E-state index in [0.29, 0.717) is 12.8 Å². The van der Waals surface area contributed by atoms with Crippen LogP contribution < -0.4 is 5.32 Å². The largest absolute Gasteiger partial charge is 0.480 e. The van der Waals surface area contributed by atoms with Crippen molar-refractivity contribution in [2.75, 3.05) is 6.54 Å². The maximum absolute atomic E-state index is 12.6. The van der Waals surface area contributed by atoms with Gasteiger partial charge in [0.25, 0.3) is 0 Å². The highest BCUT2D eigenvalue weighted by molar-refractivity contribution is 5.80. The molecule has 0 bridgehead atoms. The number of rotatable bonds is 34. The minimum absolute atomic E-state index is 0.0269. The molecule has 0 saturated heterocycles. The molecule has 0 fully saturated rings. The van der Waals surface area contributed by atoms with Gasteiger partial charge < -0.3 is 15.2 Å². The second-order valence-corrected chi connectivity index (χ2v) is 12.8. The van der Waals surface area contributed by atoms with Crippen LogP contribution in [0.5, 0.6) is 0 Å². The molecule has 6 nitrogen and oxygen atoms in total.